The minimum absolute atomic E-state index is 0.0990. The molecule has 0 unspecified atom stereocenters. The number of pyridine rings is 1. The Bertz CT molecular complexity index is 1160. The van der Waals surface area contributed by atoms with Crippen LogP contribution < -0.4 is 14.8 Å². The minimum Gasteiger partial charge on any atom is -0.478 e. The van der Waals surface area contributed by atoms with Gasteiger partial charge in [0.05, 0.1) is 11.0 Å². The SMILES string of the molecule is Cn1c(C(=O)NC2(C)CCSCC2)nc2cc(Oc3ncccc3OCC(F)(F)F)ccc21. The predicted molar refractivity (Wildman–Crippen MR) is 119 cm³/mol. The first-order chi connectivity index (χ1) is 15.6. The molecule has 1 aliphatic rings. The summed E-state index contributed by atoms with van der Waals surface area (Å²) in [6.07, 6.45) is -1.30. The number of carbonyl (C=O) groups excluding carboxylic acids is 1. The fourth-order valence-corrected chi connectivity index (χ4v) is 4.95. The maximum atomic E-state index is 12.9. The topological polar surface area (TPSA) is 78.3 Å². The Morgan fingerprint density at radius 2 is 2.03 bits per heavy atom. The Hall–Kier alpha value is -2.95. The summed E-state index contributed by atoms with van der Waals surface area (Å²) < 4.78 is 49.8. The first kappa shape index (κ1) is 23.2. The maximum absolute atomic E-state index is 12.9. The van der Waals surface area contributed by atoms with Crippen LogP contribution in [0.25, 0.3) is 11.0 Å². The number of nitrogens with one attached hydrogen (secondary N) is 1. The van der Waals surface area contributed by atoms with Crippen LogP contribution in [0.5, 0.6) is 17.4 Å². The molecule has 1 aliphatic heterocycles. The molecule has 1 amide bonds. The van der Waals surface area contributed by atoms with E-state index in [0.717, 1.165) is 24.3 Å². The lowest BCUT2D eigenvalue weighted by Crippen LogP contribution is -2.48. The van der Waals surface area contributed by atoms with Gasteiger partial charge in [-0.15, -0.1) is 0 Å². The summed E-state index contributed by atoms with van der Waals surface area (Å²) in [5, 5.41) is 3.12. The third kappa shape index (κ3) is 5.52. The molecule has 4 rings (SSSR count). The summed E-state index contributed by atoms with van der Waals surface area (Å²) in [7, 11) is 1.76. The molecule has 0 radical (unpaired) electrons. The highest BCUT2D eigenvalue weighted by molar-refractivity contribution is 7.99. The molecule has 11 heteroatoms. The first-order valence-corrected chi connectivity index (χ1v) is 11.5. The number of ether oxygens (including phenoxy) is 2. The molecule has 1 fully saturated rings. The van der Waals surface area contributed by atoms with E-state index < -0.39 is 12.8 Å². The van der Waals surface area contributed by atoms with Crippen LogP contribution in [0.4, 0.5) is 13.2 Å². The number of aryl methyl sites for hydroxylation is 1. The molecule has 0 aliphatic carbocycles. The van der Waals surface area contributed by atoms with Crippen molar-refractivity contribution in [2.45, 2.75) is 31.5 Å². The zero-order chi connectivity index (χ0) is 23.6. The zero-order valence-electron chi connectivity index (χ0n) is 18.1. The highest BCUT2D eigenvalue weighted by atomic mass is 32.2. The average molecular weight is 481 g/mol. The van der Waals surface area contributed by atoms with Crippen molar-refractivity contribution in [3.05, 3.63) is 42.4 Å². The fraction of sp³-hybridized carbons (Fsp3) is 0.409. The highest BCUT2D eigenvalue weighted by Gasteiger charge is 2.31. The molecule has 3 aromatic rings. The van der Waals surface area contributed by atoms with E-state index in [4.69, 9.17) is 9.47 Å². The van der Waals surface area contributed by atoms with Gasteiger partial charge in [-0.1, -0.05) is 0 Å². The van der Waals surface area contributed by atoms with Crippen LogP contribution in [-0.4, -0.2) is 50.3 Å². The molecule has 33 heavy (non-hydrogen) atoms. The standard InChI is InChI=1S/C22H23F3N4O3S/c1-21(7-10-33-11-8-21)28-19(30)18-27-15-12-14(5-6-16(15)29(18)2)32-20-17(4-3-9-26-20)31-13-22(23,24)25/h3-6,9,12H,7-8,10-11,13H2,1-2H3,(H,28,30). The zero-order valence-corrected chi connectivity index (χ0v) is 18.9. The van der Waals surface area contributed by atoms with Crippen molar-refractivity contribution in [3.8, 4) is 17.4 Å². The number of fused-ring (bicyclic) bond motifs is 1. The third-order valence-corrected chi connectivity index (χ3v) is 6.39. The number of alkyl halides is 3. The normalized spacial score (nSPS) is 15.9. The molecule has 3 heterocycles. The molecular weight excluding hydrogens is 457 g/mol. The summed E-state index contributed by atoms with van der Waals surface area (Å²) in [4.78, 5) is 21.4. The van der Waals surface area contributed by atoms with Gasteiger partial charge in [0.25, 0.3) is 11.8 Å². The average Bonchev–Trinajstić information content (AvgIpc) is 3.09. The largest absolute Gasteiger partial charge is 0.478 e. The lowest BCUT2D eigenvalue weighted by molar-refractivity contribution is -0.153. The molecule has 1 aromatic carbocycles. The van der Waals surface area contributed by atoms with E-state index in [-0.39, 0.29) is 28.9 Å². The van der Waals surface area contributed by atoms with E-state index in [9.17, 15) is 18.0 Å². The second kappa shape index (κ2) is 9.12. The first-order valence-electron chi connectivity index (χ1n) is 10.3. The van der Waals surface area contributed by atoms with Gasteiger partial charge in [-0.3, -0.25) is 4.79 Å². The number of hydrogen-bond acceptors (Lipinski definition) is 6. The molecule has 0 atom stereocenters. The van der Waals surface area contributed by atoms with E-state index >= 15 is 0 Å². The van der Waals surface area contributed by atoms with Gasteiger partial charge < -0.3 is 19.4 Å². The van der Waals surface area contributed by atoms with E-state index in [1.807, 2.05) is 18.7 Å². The van der Waals surface area contributed by atoms with Crippen molar-refractivity contribution >= 4 is 28.7 Å². The van der Waals surface area contributed by atoms with Gasteiger partial charge in [0.1, 0.15) is 5.75 Å². The van der Waals surface area contributed by atoms with Gasteiger partial charge in [-0.2, -0.15) is 24.9 Å². The Labute approximate surface area is 192 Å². The van der Waals surface area contributed by atoms with Gasteiger partial charge in [-0.25, -0.2) is 9.97 Å². The van der Waals surface area contributed by atoms with E-state index in [1.165, 1.54) is 18.3 Å². The Morgan fingerprint density at radius 3 is 2.76 bits per heavy atom. The van der Waals surface area contributed by atoms with Crippen LogP contribution in [0.15, 0.2) is 36.5 Å². The summed E-state index contributed by atoms with van der Waals surface area (Å²) in [5.74, 6) is 2.10. The quantitative estimate of drug-likeness (QED) is 0.550. The number of imidazole rings is 1. The van der Waals surface area contributed by atoms with Gasteiger partial charge in [0, 0.05) is 24.8 Å². The number of halogens is 3. The lowest BCUT2D eigenvalue weighted by Gasteiger charge is -2.34. The second-order valence-electron chi connectivity index (χ2n) is 8.08. The van der Waals surface area contributed by atoms with Crippen LogP contribution in [0.1, 0.15) is 30.4 Å². The van der Waals surface area contributed by atoms with E-state index in [1.54, 1.807) is 29.8 Å². The third-order valence-electron chi connectivity index (χ3n) is 5.41. The smallest absolute Gasteiger partial charge is 0.422 e. The summed E-state index contributed by atoms with van der Waals surface area (Å²) in [6.45, 7) is 0.592. The molecule has 2 aromatic heterocycles. The van der Waals surface area contributed by atoms with Gasteiger partial charge >= 0.3 is 6.18 Å². The monoisotopic (exact) mass is 480 g/mol. The van der Waals surface area contributed by atoms with Crippen molar-refractivity contribution < 1.29 is 27.4 Å². The molecule has 1 saturated heterocycles. The van der Waals surface area contributed by atoms with Gasteiger partial charge in [0.2, 0.25) is 0 Å². The number of benzene rings is 1. The number of thioether (sulfide) groups is 1. The van der Waals surface area contributed by atoms with E-state index in [0.29, 0.717) is 16.8 Å². The van der Waals surface area contributed by atoms with E-state index in [2.05, 4.69) is 15.3 Å². The summed E-state index contributed by atoms with van der Waals surface area (Å²) in [6, 6.07) is 7.77. The maximum Gasteiger partial charge on any atom is 0.422 e. The highest BCUT2D eigenvalue weighted by Crippen LogP contribution is 2.32. The van der Waals surface area contributed by atoms with Crippen molar-refractivity contribution in [3.63, 3.8) is 0 Å². The molecule has 7 nitrogen and oxygen atoms in total. The number of hydrogen-bond donors (Lipinski definition) is 1. The fourth-order valence-electron chi connectivity index (χ4n) is 3.56. The van der Waals surface area contributed by atoms with Crippen LogP contribution >= 0.6 is 11.8 Å². The van der Waals surface area contributed by atoms with Crippen LogP contribution in [0.3, 0.4) is 0 Å². The Morgan fingerprint density at radius 1 is 1.27 bits per heavy atom. The Kier molecular flexibility index (Phi) is 6.42. The molecule has 0 saturated carbocycles. The molecule has 0 bridgehead atoms. The van der Waals surface area contributed by atoms with Gasteiger partial charge in [-0.05, 0) is 55.5 Å². The van der Waals surface area contributed by atoms with Crippen molar-refractivity contribution in [1.29, 1.82) is 0 Å². The van der Waals surface area contributed by atoms with Crippen molar-refractivity contribution in [1.82, 2.24) is 19.9 Å². The number of rotatable bonds is 6. The predicted octanol–water partition coefficient (Wildman–Crippen LogP) is 4.72. The molecule has 1 N–H and O–H groups in total. The summed E-state index contributed by atoms with van der Waals surface area (Å²) >= 11 is 1.88. The van der Waals surface area contributed by atoms with Gasteiger partial charge in [0.15, 0.2) is 18.2 Å². The summed E-state index contributed by atoms with van der Waals surface area (Å²) in [5.41, 5.74) is 0.963. The van der Waals surface area contributed by atoms with Crippen LogP contribution in [0, 0.1) is 0 Å². The number of aromatic nitrogens is 3. The number of nitrogens with zero attached hydrogens (tertiary/aromatic N) is 3. The second-order valence-corrected chi connectivity index (χ2v) is 9.31. The van der Waals surface area contributed by atoms with Crippen LogP contribution in [0.2, 0.25) is 0 Å². The lowest BCUT2D eigenvalue weighted by atomic mass is 9.95. The Balaban J connectivity index is 1.54. The van der Waals surface area contributed by atoms with Crippen molar-refractivity contribution in [2.75, 3.05) is 18.1 Å². The molecular formula is C22H23F3N4O3S. The molecule has 0 spiro atoms. The van der Waals surface area contributed by atoms with Crippen molar-refractivity contribution in [2.24, 2.45) is 7.05 Å². The number of amides is 1. The van der Waals surface area contributed by atoms with Crippen LogP contribution in [-0.2, 0) is 7.05 Å². The number of carbonyl (C=O) groups is 1. The molecule has 176 valence electrons. The minimum atomic E-state index is -4.48.